The maximum Gasteiger partial charge on any atom is 0.326 e. The number of urea groups is 1. The van der Waals surface area contributed by atoms with Crippen molar-refractivity contribution in [2.24, 2.45) is 11.3 Å². The number of benzene rings is 1. The van der Waals surface area contributed by atoms with E-state index in [0.29, 0.717) is 18.5 Å². The van der Waals surface area contributed by atoms with Crippen LogP contribution >= 0.6 is 0 Å². The van der Waals surface area contributed by atoms with Crippen LogP contribution in [0.1, 0.15) is 51.2 Å². The van der Waals surface area contributed by atoms with Crippen LogP contribution in [0.4, 0.5) is 10.5 Å². The van der Waals surface area contributed by atoms with Gasteiger partial charge in [-0.3, -0.25) is 19.3 Å². The largest absolute Gasteiger partial charge is 0.454 e. The number of amides is 4. The van der Waals surface area contributed by atoms with Gasteiger partial charge in [0.05, 0.1) is 0 Å². The number of hydrogen-bond donors (Lipinski definition) is 2. The van der Waals surface area contributed by atoms with Crippen LogP contribution in [0.5, 0.6) is 0 Å². The zero-order valence-electron chi connectivity index (χ0n) is 18.8. The average Bonchev–Trinajstić information content (AvgIpc) is 2.84. The number of aryl methyl sites for hydroxylation is 2. The molecular weight excluding hydrogens is 398 g/mol. The topological polar surface area (TPSA) is 105 Å². The second-order valence-electron chi connectivity index (χ2n) is 9.79. The van der Waals surface area contributed by atoms with Crippen LogP contribution in [0, 0.1) is 25.2 Å². The predicted molar refractivity (Wildman–Crippen MR) is 115 cm³/mol. The van der Waals surface area contributed by atoms with Gasteiger partial charge in [0.15, 0.2) is 6.61 Å². The molecule has 1 aromatic rings. The van der Waals surface area contributed by atoms with Crippen LogP contribution in [0.2, 0.25) is 0 Å². The Balaban J connectivity index is 1.56. The van der Waals surface area contributed by atoms with E-state index >= 15 is 0 Å². The fraction of sp³-hybridized carbons (Fsp3) is 0.565. The summed E-state index contributed by atoms with van der Waals surface area (Å²) in [6.45, 7) is 9.03. The van der Waals surface area contributed by atoms with Crippen molar-refractivity contribution >= 4 is 29.5 Å². The third-order valence-corrected chi connectivity index (χ3v) is 5.93. The normalized spacial score (nSPS) is 24.8. The highest BCUT2D eigenvalue weighted by Gasteiger charge is 2.56. The van der Waals surface area contributed by atoms with E-state index in [4.69, 9.17) is 4.74 Å². The third-order valence-electron chi connectivity index (χ3n) is 5.93. The molecule has 2 fully saturated rings. The summed E-state index contributed by atoms with van der Waals surface area (Å²) in [5.41, 5.74) is 1.54. The molecule has 0 aromatic heterocycles. The average molecular weight is 430 g/mol. The first-order valence-electron chi connectivity index (χ1n) is 10.6. The fourth-order valence-electron chi connectivity index (χ4n) is 5.11. The van der Waals surface area contributed by atoms with E-state index in [1.54, 1.807) is 6.07 Å². The van der Waals surface area contributed by atoms with Crippen LogP contribution < -0.4 is 10.6 Å². The molecule has 1 heterocycles. The van der Waals surface area contributed by atoms with Gasteiger partial charge in [-0.25, -0.2) is 4.79 Å². The van der Waals surface area contributed by atoms with Crippen molar-refractivity contribution in [1.29, 1.82) is 0 Å². The van der Waals surface area contributed by atoms with Crippen LogP contribution in [-0.4, -0.2) is 47.4 Å². The summed E-state index contributed by atoms with van der Waals surface area (Å²) in [6, 6.07) is 4.99. The molecule has 2 atom stereocenters. The number of nitrogens with one attached hydrogen (secondary N) is 2. The summed E-state index contributed by atoms with van der Waals surface area (Å²) < 4.78 is 5.01. The van der Waals surface area contributed by atoms with Crippen LogP contribution in [0.15, 0.2) is 18.2 Å². The Morgan fingerprint density at radius 1 is 1.23 bits per heavy atom. The molecule has 1 spiro atoms. The van der Waals surface area contributed by atoms with Gasteiger partial charge in [-0.05, 0) is 56.1 Å². The molecule has 0 unspecified atom stereocenters. The number of anilines is 1. The highest BCUT2D eigenvalue weighted by Crippen LogP contribution is 2.46. The lowest BCUT2D eigenvalue weighted by Crippen LogP contribution is -2.54. The van der Waals surface area contributed by atoms with Crippen molar-refractivity contribution < 1.29 is 23.9 Å². The molecule has 1 aromatic carbocycles. The smallest absolute Gasteiger partial charge is 0.326 e. The molecule has 8 nitrogen and oxygen atoms in total. The van der Waals surface area contributed by atoms with Gasteiger partial charge in [0.1, 0.15) is 12.1 Å². The van der Waals surface area contributed by atoms with Crippen molar-refractivity contribution in [2.75, 3.05) is 18.5 Å². The lowest BCUT2D eigenvalue weighted by molar-refractivity contribution is -0.150. The summed E-state index contributed by atoms with van der Waals surface area (Å²) in [5.74, 6) is -1.42. The predicted octanol–water partition coefficient (Wildman–Crippen LogP) is 2.92. The second-order valence-corrected chi connectivity index (χ2v) is 9.79. The van der Waals surface area contributed by atoms with Gasteiger partial charge in [-0.2, -0.15) is 0 Å². The molecule has 0 bridgehead atoms. The Morgan fingerprint density at radius 3 is 2.58 bits per heavy atom. The van der Waals surface area contributed by atoms with Crippen molar-refractivity contribution in [3.05, 3.63) is 29.3 Å². The van der Waals surface area contributed by atoms with Crippen molar-refractivity contribution in [2.45, 2.75) is 59.4 Å². The van der Waals surface area contributed by atoms with Gasteiger partial charge in [-0.1, -0.05) is 38.5 Å². The highest BCUT2D eigenvalue weighted by atomic mass is 16.5. The zero-order valence-corrected chi connectivity index (χ0v) is 18.8. The standard InChI is InChI=1S/C23H31N3O5/c1-14-6-7-17(16(3)8-14)24-18(27)12-31-19(28)11-26-20(29)23(25-21(26)30)10-15(2)9-22(4,5)13-23/h6-8,15H,9-13H2,1-5H3,(H,24,27)(H,25,30)/t15-,23-/m0/s1. The number of rotatable bonds is 5. The first-order chi connectivity index (χ1) is 14.4. The molecule has 3 rings (SSSR count). The number of nitrogens with zero attached hydrogens (tertiary/aromatic N) is 1. The number of ether oxygens (including phenoxy) is 1. The minimum absolute atomic E-state index is 0.0939. The maximum atomic E-state index is 13.1. The summed E-state index contributed by atoms with van der Waals surface area (Å²) in [6.07, 6.45) is 2.04. The molecule has 1 saturated heterocycles. The van der Waals surface area contributed by atoms with Gasteiger partial charge < -0.3 is 15.4 Å². The third kappa shape index (κ3) is 5.06. The molecule has 1 aliphatic heterocycles. The quantitative estimate of drug-likeness (QED) is 0.553. The number of carbonyl (C=O) groups is 4. The highest BCUT2D eigenvalue weighted by molar-refractivity contribution is 6.09. The SMILES string of the molecule is Cc1ccc(NC(=O)COC(=O)CN2C(=O)N[C@]3(C[C@@H](C)CC(C)(C)C3)C2=O)c(C)c1. The van der Waals surface area contributed by atoms with E-state index in [2.05, 4.69) is 31.4 Å². The van der Waals surface area contributed by atoms with Gasteiger partial charge in [0.25, 0.3) is 11.8 Å². The molecule has 2 N–H and O–H groups in total. The van der Waals surface area contributed by atoms with E-state index < -0.39 is 42.5 Å². The van der Waals surface area contributed by atoms with Gasteiger partial charge in [0.2, 0.25) is 0 Å². The molecular formula is C23H31N3O5. The molecule has 1 saturated carbocycles. The fourth-order valence-corrected chi connectivity index (χ4v) is 5.11. The van der Waals surface area contributed by atoms with Crippen LogP contribution in [0.25, 0.3) is 0 Å². The molecule has 168 valence electrons. The van der Waals surface area contributed by atoms with E-state index in [0.717, 1.165) is 22.4 Å². The first-order valence-corrected chi connectivity index (χ1v) is 10.6. The first kappa shape index (κ1) is 22.8. The van der Waals surface area contributed by atoms with Gasteiger partial charge >= 0.3 is 12.0 Å². The van der Waals surface area contributed by atoms with E-state index in [1.807, 2.05) is 26.0 Å². The number of esters is 1. The van der Waals surface area contributed by atoms with E-state index in [9.17, 15) is 19.2 Å². The van der Waals surface area contributed by atoms with Crippen molar-refractivity contribution in [3.63, 3.8) is 0 Å². The van der Waals surface area contributed by atoms with E-state index in [-0.39, 0.29) is 11.3 Å². The zero-order chi connectivity index (χ0) is 23.0. The Morgan fingerprint density at radius 2 is 1.94 bits per heavy atom. The Bertz CT molecular complexity index is 926. The summed E-state index contributed by atoms with van der Waals surface area (Å²) in [5, 5.41) is 5.51. The maximum absolute atomic E-state index is 13.1. The summed E-state index contributed by atoms with van der Waals surface area (Å²) in [4.78, 5) is 50.8. The molecule has 2 aliphatic rings. The van der Waals surface area contributed by atoms with Crippen molar-refractivity contribution in [3.8, 4) is 0 Å². The lowest BCUT2D eigenvalue weighted by atomic mass is 9.64. The lowest BCUT2D eigenvalue weighted by Gasteiger charge is -2.43. The number of carbonyl (C=O) groups excluding carboxylic acids is 4. The van der Waals surface area contributed by atoms with Crippen LogP contribution in [-0.2, 0) is 19.1 Å². The van der Waals surface area contributed by atoms with Gasteiger partial charge in [0, 0.05) is 5.69 Å². The van der Waals surface area contributed by atoms with E-state index in [1.165, 1.54) is 0 Å². The van der Waals surface area contributed by atoms with Crippen LogP contribution in [0.3, 0.4) is 0 Å². The molecule has 8 heteroatoms. The summed E-state index contributed by atoms with van der Waals surface area (Å²) >= 11 is 0. The molecule has 1 aliphatic carbocycles. The second kappa shape index (κ2) is 8.32. The Hall–Kier alpha value is -2.90. The summed E-state index contributed by atoms with van der Waals surface area (Å²) in [7, 11) is 0. The molecule has 4 amide bonds. The Kier molecular flexibility index (Phi) is 6.11. The minimum Gasteiger partial charge on any atom is -0.454 e. The number of imide groups is 1. The molecule has 0 radical (unpaired) electrons. The molecule has 31 heavy (non-hydrogen) atoms. The monoisotopic (exact) mass is 429 g/mol. The minimum atomic E-state index is -0.973. The Labute approximate surface area is 182 Å². The number of hydrogen-bond acceptors (Lipinski definition) is 5. The van der Waals surface area contributed by atoms with Gasteiger partial charge in [-0.15, -0.1) is 0 Å². The van der Waals surface area contributed by atoms with Crippen molar-refractivity contribution in [1.82, 2.24) is 10.2 Å².